The summed E-state index contributed by atoms with van der Waals surface area (Å²) in [5.41, 5.74) is 1.99. The van der Waals surface area contributed by atoms with Crippen molar-refractivity contribution in [1.29, 1.82) is 0 Å². The Morgan fingerprint density at radius 2 is 1.76 bits per heavy atom. The molecule has 176 valence electrons. The van der Waals surface area contributed by atoms with Crippen molar-refractivity contribution in [2.24, 2.45) is 7.05 Å². The predicted octanol–water partition coefficient (Wildman–Crippen LogP) is 3.73. The molecule has 10 heteroatoms. The molecule has 0 bridgehead atoms. The molecular formula is C24H22FN3O5S. The van der Waals surface area contributed by atoms with Crippen molar-refractivity contribution in [2.75, 3.05) is 17.5 Å². The Morgan fingerprint density at radius 1 is 1.09 bits per heavy atom. The number of furan rings is 1. The van der Waals surface area contributed by atoms with Crippen LogP contribution in [0.25, 0.3) is 33.4 Å². The molecule has 0 radical (unpaired) electrons. The second-order valence-corrected chi connectivity index (χ2v) is 9.67. The lowest BCUT2D eigenvalue weighted by molar-refractivity contribution is 0.0964. The summed E-state index contributed by atoms with van der Waals surface area (Å²) in [5, 5.41) is 3.02. The van der Waals surface area contributed by atoms with Crippen molar-refractivity contribution in [2.45, 2.75) is 6.92 Å². The van der Waals surface area contributed by atoms with Gasteiger partial charge in [0.2, 0.25) is 15.6 Å². The lowest BCUT2D eigenvalue weighted by Gasteiger charge is -2.13. The summed E-state index contributed by atoms with van der Waals surface area (Å²) in [5.74, 6) is -0.794. The Morgan fingerprint density at radius 3 is 2.38 bits per heavy atom. The van der Waals surface area contributed by atoms with Crippen LogP contribution < -0.4 is 15.6 Å². The van der Waals surface area contributed by atoms with Gasteiger partial charge in [-0.2, -0.15) is 0 Å². The lowest BCUT2D eigenvalue weighted by atomic mass is 9.99. The van der Waals surface area contributed by atoms with E-state index in [1.54, 1.807) is 25.4 Å². The zero-order valence-corrected chi connectivity index (χ0v) is 19.5. The van der Waals surface area contributed by atoms with Crippen LogP contribution in [0.2, 0.25) is 0 Å². The van der Waals surface area contributed by atoms with Crippen LogP contribution in [0.15, 0.2) is 63.9 Å². The van der Waals surface area contributed by atoms with E-state index in [4.69, 9.17) is 4.42 Å². The molecule has 0 unspecified atom stereocenters. The fourth-order valence-corrected chi connectivity index (χ4v) is 4.26. The van der Waals surface area contributed by atoms with E-state index < -0.39 is 21.7 Å². The highest BCUT2D eigenvalue weighted by atomic mass is 32.2. The monoisotopic (exact) mass is 483 g/mol. The van der Waals surface area contributed by atoms with Crippen LogP contribution in [0.4, 0.5) is 10.1 Å². The third-order valence-corrected chi connectivity index (χ3v) is 6.72. The van der Waals surface area contributed by atoms with Gasteiger partial charge in [0.15, 0.2) is 0 Å². The Hall–Kier alpha value is -3.92. The highest BCUT2D eigenvalue weighted by Gasteiger charge is 2.24. The molecule has 2 N–H and O–H groups in total. The van der Waals surface area contributed by atoms with Crippen molar-refractivity contribution in [3.8, 4) is 22.5 Å². The van der Waals surface area contributed by atoms with E-state index in [-0.39, 0.29) is 33.9 Å². The first kappa shape index (κ1) is 23.2. The van der Waals surface area contributed by atoms with Gasteiger partial charge >= 0.3 is 0 Å². The van der Waals surface area contributed by atoms with E-state index in [0.29, 0.717) is 22.1 Å². The number of nitrogens with zero attached hydrogens (tertiary/aromatic N) is 1. The number of hydrogen-bond acceptors (Lipinski definition) is 5. The molecule has 0 saturated carbocycles. The number of hydrogen-bond donors (Lipinski definition) is 2. The molecule has 0 aliphatic carbocycles. The predicted molar refractivity (Wildman–Crippen MR) is 129 cm³/mol. The molecule has 2 aromatic carbocycles. The van der Waals surface area contributed by atoms with Crippen LogP contribution >= 0.6 is 0 Å². The molecule has 0 atom stereocenters. The number of nitrogens with one attached hydrogen (secondary N) is 2. The average molecular weight is 484 g/mol. The van der Waals surface area contributed by atoms with Crippen molar-refractivity contribution < 1.29 is 22.0 Å². The average Bonchev–Trinajstić information content (AvgIpc) is 3.18. The van der Waals surface area contributed by atoms with E-state index >= 15 is 0 Å². The van der Waals surface area contributed by atoms with Crippen LogP contribution in [0, 0.1) is 5.82 Å². The van der Waals surface area contributed by atoms with Gasteiger partial charge in [0.1, 0.15) is 17.2 Å². The molecule has 34 heavy (non-hydrogen) atoms. The highest BCUT2D eigenvalue weighted by molar-refractivity contribution is 7.92. The Balaban J connectivity index is 2.05. The maximum atomic E-state index is 13.5. The number of halogens is 1. The molecular weight excluding hydrogens is 461 g/mol. The Bertz CT molecular complexity index is 1570. The molecule has 0 fully saturated rings. The number of carbonyl (C=O) groups is 1. The fourth-order valence-electron chi connectivity index (χ4n) is 3.61. The second kappa shape index (κ2) is 8.79. The van der Waals surface area contributed by atoms with Crippen molar-refractivity contribution >= 4 is 32.6 Å². The van der Waals surface area contributed by atoms with Gasteiger partial charge in [0.05, 0.1) is 17.0 Å². The van der Waals surface area contributed by atoms with Gasteiger partial charge in [-0.25, -0.2) is 12.8 Å². The fraction of sp³-hybridized carbons (Fsp3) is 0.167. The van der Waals surface area contributed by atoms with Gasteiger partial charge < -0.3 is 14.3 Å². The van der Waals surface area contributed by atoms with Gasteiger partial charge in [0.25, 0.3) is 5.91 Å². The standard InChI is InChI=1S/C24H22FN3O5S/c1-4-34(31,32)27-19-12-20-18(11-17(19)15-7-10-21(29)28(3)13-15)22(24(30)26-2)23(33-20)14-5-8-16(25)9-6-14/h5-13,27H,4H2,1-3H3,(H,26,30). The number of amides is 1. The number of aromatic nitrogens is 1. The van der Waals surface area contributed by atoms with Crippen LogP contribution in [0.3, 0.4) is 0 Å². The van der Waals surface area contributed by atoms with Crippen molar-refractivity contribution in [3.05, 3.63) is 76.5 Å². The van der Waals surface area contributed by atoms with E-state index in [1.165, 1.54) is 54.9 Å². The minimum atomic E-state index is -3.65. The number of pyridine rings is 1. The maximum absolute atomic E-state index is 13.5. The summed E-state index contributed by atoms with van der Waals surface area (Å²) in [6.07, 6.45) is 1.58. The lowest BCUT2D eigenvalue weighted by Crippen LogP contribution is -2.18. The number of anilines is 1. The number of benzene rings is 2. The summed E-state index contributed by atoms with van der Waals surface area (Å²) in [4.78, 5) is 24.8. The summed E-state index contributed by atoms with van der Waals surface area (Å²) in [6, 6.07) is 11.6. The van der Waals surface area contributed by atoms with Gasteiger partial charge in [-0.3, -0.25) is 14.3 Å². The normalized spacial score (nSPS) is 11.5. The minimum absolute atomic E-state index is 0.153. The molecule has 4 aromatic rings. The van der Waals surface area contributed by atoms with Gasteiger partial charge in [-0.05, 0) is 43.3 Å². The van der Waals surface area contributed by atoms with E-state index in [9.17, 15) is 22.4 Å². The molecule has 0 spiro atoms. The number of aryl methyl sites for hydroxylation is 1. The van der Waals surface area contributed by atoms with Crippen LogP contribution in [-0.4, -0.2) is 31.7 Å². The highest BCUT2D eigenvalue weighted by Crippen LogP contribution is 2.39. The van der Waals surface area contributed by atoms with Crippen LogP contribution in [-0.2, 0) is 17.1 Å². The molecule has 2 aromatic heterocycles. The maximum Gasteiger partial charge on any atom is 0.255 e. The van der Waals surface area contributed by atoms with Crippen molar-refractivity contribution in [3.63, 3.8) is 0 Å². The third kappa shape index (κ3) is 4.32. The zero-order chi connectivity index (χ0) is 24.6. The Kier molecular flexibility index (Phi) is 6.01. The van der Waals surface area contributed by atoms with E-state index in [0.717, 1.165) is 0 Å². The topological polar surface area (TPSA) is 110 Å². The van der Waals surface area contributed by atoms with E-state index in [2.05, 4.69) is 10.0 Å². The summed E-state index contributed by atoms with van der Waals surface area (Å²) >= 11 is 0. The first-order chi connectivity index (χ1) is 16.1. The van der Waals surface area contributed by atoms with Gasteiger partial charge in [-0.15, -0.1) is 0 Å². The number of fused-ring (bicyclic) bond motifs is 1. The summed E-state index contributed by atoms with van der Waals surface area (Å²) in [7, 11) is -0.589. The Labute approximate surface area is 195 Å². The second-order valence-electron chi connectivity index (χ2n) is 7.66. The number of sulfonamides is 1. The number of rotatable bonds is 6. The first-order valence-corrected chi connectivity index (χ1v) is 12.0. The molecule has 0 saturated heterocycles. The largest absolute Gasteiger partial charge is 0.455 e. The molecule has 8 nitrogen and oxygen atoms in total. The number of carbonyl (C=O) groups excluding carboxylic acids is 1. The summed E-state index contributed by atoms with van der Waals surface area (Å²) < 4.78 is 48.2. The first-order valence-electron chi connectivity index (χ1n) is 10.4. The molecule has 4 rings (SSSR count). The molecule has 0 aliphatic heterocycles. The molecule has 2 heterocycles. The summed E-state index contributed by atoms with van der Waals surface area (Å²) in [6.45, 7) is 1.51. The molecule has 0 aliphatic rings. The minimum Gasteiger partial charge on any atom is -0.455 e. The van der Waals surface area contributed by atoms with Gasteiger partial charge in [-0.1, -0.05) is 0 Å². The zero-order valence-electron chi connectivity index (χ0n) is 18.7. The van der Waals surface area contributed by atoms with Crippen LogP contribution in [0.1, 0.15) is 17.3 Å². The van der Waals surface area contributed by atoms with Gasteiger partial charge in [0, 0.05) is 54.5 Å². The SMILES string of the molecule is CCS(=O)(=O)Nc1cc2oc(-c3ccc(F)cc3)c(C(=O)NC)c2cc1-c1ccc(=O)n(C)c1. The third-order valence-electron chi connectivity index (χ3n) is 5.43. The quantitative estimate of drug-likeness (QED) is 0.434. The van der Waals surface area contributed by atoms with Crippen LogP contribution in [0.5, 0.6) is 0 Å². The van der Waals surface area contributed by atoms with E-state index in [1.807, 2.05) is 0 Å². The molecule has 1 amide bonds. The smallest absolute Gasteiger partial charge is 0.255 e. The van der Waals surface area contributed by atoms with Crippen molar-refractivity contribution in [1.82, 2.24) is 9.88 Å².